The number of aryl methyl sites for hydroxylation is 1. The van der Waals surface area contributed by atoms with Gasteiger partial charge in [0.2, 0.25) is 0 Å². The molecule has 0 radical (unpaired) electrons. The highest BCUT2D eigenvalue weighted by molar-refractivity contribution is 5.66. The molecule has 0 atom stereocenters. The van der Waals surface area contributed by atoms with Crippen molar-refractivity contribution in [3.8, 4) is 16.9 Å². The van der Waals surface area contributed by atoms with Crippen LogP contribution in [0.15, 0.2) is 66.9 Å². The number of rotatable bonds is 5. The van der Waals surface area contributed by atoms with Gasteiger partial charge in [-0.05, 0) is 29.2 Å². The van der Waals surface area contributed by atoms with Gasteiger partial charge in [-0.2, -0.15) is 0 Å². The number of nitrogens with zero attached hydrogens (tertiary/aromatic N) is 1. The maximum Gasteiger partial charge on any atom is 0.166 e. The second-order valence-electron chi connectivity index (χ2n) is 5.44. The largest absolute Gasteiger partial charge is 0.485 e. The van der Waals surface area contributed by atoms with Crippen molar-refractivity contribution in [2.75, 3.05) is 5.73 Å². The van der Waals surface area contributed by atoms with Crippen LogP contribution < -0.4 is 10.5 Å². The zero-order valence-electron chi connectivity index (χ0n) is 13.2. The normalized spacial score (nSPS) is 10.5. The van der Waals surface area contributed by atoms with E-state index in [1.165, 1.54) is 5.56 Å². The third kappa shape index (κ3) is 3.69. The Bertz CT molecular complexity index is 785. The predicted molar refractivity (Wildman–Crippen MR) is 94.2 cm³/mol. The maximum atomic E-state index is 5.95. The Morgan fingerprint density at radius 2 is 1.70 bits per heavy atom. The SMILES string of the molecule is CCc1cccc(COc2cc(-c3ccccc3)cnc2N)c1. The van der Waals surface area contributed by atoms with Crippen molar-refractivity contribution in [1.82, 2.24) is 4.98 Å². The summed E-state index contributed by atoms with van der Waals surface area (Å²) < 4.78 is 5.90. The van der Waals surface area contributed by atoms with Crippen LogP contribution in [0.5, 0.6) is 5.75 Å². The van der Waals surface area contributed by atoms with E-state index in [9.17, 15) is 0 Å². The fourth-order valence-corrected chi connectivity index (χ4v) is 2.46. The van der Waals surface area contributed by atoms with Gasteiger partial charge >= 0.3 is 0 Å². The monoisotopic (exact) mass is 304 g/mol. The topological polar surface area (TPSA) is 48.1 Å². The van der Waals surface area contributed by atoms with Crippen LogP contribution in [-0.2, 0) is 13.0 Å². The number of ether oxygens (including phenoxy) is 1. The average molecular weight is 304 g/mol. The van der Waals surface area contributed by atoms with Crippen LogP contribution in [0.25, 0.3) is 11.1 Å². The first kappa shape index (κ1) is 15.1. The van der Waals surface area contributed by atoms with Crippen LogP contribution in [0.1, 0.15) is 18.1 Å². The first-order chi connectivity index (χ1) is 11.3. The molecule has 0 aliphatic heterocycles. The van der Waals surface area contributed by atoms with Gasteiger partial charge in [0.1, 0.15) is 6.61 Å². The highest BCUT2D eigenvalue weighted by Gasteiger charge is 2.06. The molecule has 0 unspecified atom stereocenters. The first-order valence-electron chi connectivity index (χ1n) is 7.78. The molecule has 3 aromatic rings. The Morgan fingerprint density at radius 1 is 0.913 bits per heavy atom. The molecule has 0 amide bonds. The van der Waals surface area contributed by atoms with Crippen molar-refractivity contribution in [3.05, 3.63) is 78.0 Å². The van der Waals surface area contributed by atoms with Gasteiger partial charge < -0.3 is 10.5 Å². The number of benzene rings is 2. The van der Waals surface area contributed by atoms with Gasteiger partial charge in [0.25, 0.3) is 0 Å². The molecule has 0 spiro atoms. The number of pyridine rings is 1. The quantitative estimate of drug-likeness (QED) is 0.756. The van der Waals surface area contributed by atoms with Crippen molar-refractivity contribution in [2.45, 2.75) is 20.0 Å². The zero-order valence-corrected chi connectivity index (χ0v) is 13.2. The molecular weight excluding hydrogens is 284 g/mol. The minimum Gasteiger partial charge on any atom is -0.485 e. The Labute approximate surface area is 136 Å². The number of anilines is 1. The number of aromatic nitrogens is 1. The van der Waals surface area contributed by atoms with Gasteiger partial charge in [-0.3, -0.25) is 0 Å². The molecule has 0 bridgehead atoms. The van der Waals surface area contributed by atoms with Crippen molar-refractivity contribution in [1.29, 1.82) is 0 Å². The fourth-order valence-electron chi connectivity index (χ4n) is 2.46. The molecule has 0 saturated heterocycles. The van der Waals surface area contributed by atoms with E-state index in [1.807, 2.05) is 36.4 Å². The summed E-state index contributed by atoms with van der Waals surface area (Å²) in [7, 11) is 0. The molecule has 1 aromatic heterocycles. The van der Waals surface area contributed by atoms with Crippen molar-refractivity contribution >= 4 is 5.82 Å². The fraction of sp³-hybridized carbons (Fsp3) is 0.150. The van der Waals surface area contributed by atoms with Crippen molar-refractivity contribution in [3.63, 3.8) is 0 Å². The summed E-state index contributed by atoms with van der Waals surface area (Å²) in [5.41, 5.74) is 10.5. The van der Waals surface area contributed by atoms with Gasteiger partial charge in [0.15, 0.2) is 11.6 Å². The lowest BCUT2D eigenvalue weighted by Gasteiger charge is -2.11. The third-order valence-corrected chi connectivity index (χ3v) is 3.78. The van der Waals surface area contributed by atoms with E-state index in [4.69, 9.17) is 10.5 Å². The van der Waals surface area contributed by atoms with E-state index in [0.717, 1.165) is 23.1 Å². The van der Waals surface area contributed by atoms with Crippen LogP contribution in [-0.4, -0.2) is 4.98 Å². The molecule has 2 aromatic carbocycles. The van der Waals surface area contributed by atoms with Gasteiger partial charge in [-0.25, -0.2) is 4.98 Å². The van der Waals surface area contributed by atoms with E-state index in [-0.39, 0.29) is 0 Å². The van der Waals surface area contributed by atoms with E-state index in [0.29, 0.717) is 18.2 Å². The number of nitrogen functional groups attached to an aromatic ring is 1. The highest BCUT2D eigenvalue weighted by atomic mass is 16.5. The molecule has 0 saturated carbocycles. The summed E-state index contributed by atoms with van der Waals surface area (Å²) in [4.78, 5) is 4.25. The average Bonchev–Trinajstić information content (AvgIpc) is 2.62. The Morgan fingerprint density at radius 3 is 2.48 bits per heavy atom. The van der Waals surface area contributed by atoms with E-state index in [1.54, 1.807) is 6.20 Å². The van der Waals surface area contributed by atoms with Crippen LogP contribution in [0.3, 0.4) is 0 Å². The molecule has 0 fully saturated rings. The molecule has 116 valence electrons. The third-order valence-electron chi connectivity index (χ3n) is 3.78. The molecule has 23 heavy (non-hydrogen) atoms. The summed E-state index contributed by atoms with van der Waals surface area (Å²) in [6.45, 7) is 2.63. The Kier molecular flexibility index (Phi) is 4.57. The van der Waals surface area contributed by atoms with Crippen molar-refractivity contribution in [2.24, 2.45) is 0 Å². The summed E-state index contributed by atoms with van der Waals surface area (Å²) in [6.07, 6.45) is 2.79. The lowest BCUT2D eigenvalue weighted by molar-refractivity contribution is 0.307. The Balaban J connectivity index is 1.79. The first-order valence-corrected chi connectivity index (χ1v) is 7.78. The van der Waals surface area contributed by atoms with E-state index in [2.05, 4.69) is 36.2 Å². The minimum absolute atomic E-state index is 0.413. The molecule has 1 heterocycles. The molecule has 3 nitrogen and oxygen atoms in total. The smallest absolute Gasteiger partial charge is 0.166 e. The lowest BCUT2D eigenvalue weighted by Crippen LogP contribution is -2.01. The van der Waals surface area contributed by atoms with Crippen molar-refractivity contribution < 1.29 is 4.74 Å². The van der Waals surface area contributed by atoms with Crippen LogP contribution in [0, 0.1) is 0 Å². The highest BCUT2D eigenvalue weighted by Crippen LogP contribution is 2.27. The standard InChI is InChI=1S/C20H20N2O/c1-2-15-7-6-8-16(11-15)14-23-19-12-18(13-22-20(19)21)17-9-4-3-5-10-17/h3-13H,2,14H2,1H3,(H2,21,22). The maximum absolute atomic E-state index is 5.95. The molecule has 3 rings (SSSR count). The minimum atomic E-state index is 0.413. The second kappa shape index (κ2) is 6.97. The van der Waals surface area contributed by atoms with Crippen LogP contribution >= 0.6 is 0 Å². The molecule has 0 aliphatic carbocycles. The summed E-state index contributed by atoms with van der Waals surface area (Å²) in [6, 6.07) is 20.4. The van der Waals surface area contributed by atoms with Gasteiger partial charge in [-0.15, -0.1) is 0 Å². The molecular formula is C20H20N2O. The van der Waals surface area contributed by atoms with Gasteiger partial charge in [0, 0.05) is 11.8 Å². The van der Waals surface area contributed by atoms with E-state index < -0.39 is 0 Å². The molecule has 2 N–H and O–H groups in total. The molecule has 0 aliphatic rings. The summed E-state index contributed by atoms with van der Waals surface area (Å²) in [5.74, 6) is 1.03. The van der Waals surface area contributed by atoms with Crippen LogP contribution in [0.4, 0.5) is 5.82 Å². The van der Waals surface area contributed by atoms with Crippen LogP contribution in [0.2, 0.25) is 0 Å². The number of hydrogen-bond acceptors (Lipinski definition) is 3. The van der Waals surface area contributed by atoms with Gasteiger partial charge in [0.05, 0.1) is 0 Å². The predicted octanol–water partition coefficient (Wildman–Crippen LogP) is 4.47. The Hall–Kier alpha value is -2.81. The summed E-state index contributed by atoms with van der Waals surface area (Å²) in [5, 5.41) is 0. The van der Waals surface area contributed by atoms with Gasteiger partial charge in [-0.1, -0.05) is 61.5 Å². The zero-order chi connectivity index (χ0) is 16.1. The second-order valence-corrected chi connectivity index (χ2v) is 5.44. The summed E-state index contributed by atoms with van der Waals surface area (Å²) >= 11 is 0. The molecule has 3 heteroatoms. The lowest BCUT2D eigenvalue weighted by atomic mass is 10.1. The number of hydrogen-bond donors (Lipinski definition) is 1. The number of nitrogens with two attached hydrogens (primary N) is 1. The van der Waals surface area contributed by atoms with E-state index >= 15 is 0 Å².